The molecule has 0 fully saturated rings. The molecular weight excluding hydrogens is 425 g/mol. The topological polar surface area (TPSA) is 88.2 Å². The van der Waals surface area contributed by atoms with E-state index in [1.54, 1.807) is 19.2 Å². The summed E-state index contributed by atoms with van der Waals surface area (Å²) in [6.07, 6.45) is 0. The van der Waals surface area contributed by atoms with Crippen molar-refractivity contribution < 1.29 is 9.53 Å². The van der Waals surface area contributed by atoms with E-state index in [0.29, 0.717) is 40.5 Å². The standard InChI is InChI=1S/C21H21Cl2N5O2/c1-13-11-19(27-15-4-6-16(30-2)7-5-15)28-21(26-13)25-10-9-24-20(29)17-8-3-14(22)12-18(17)23/h3-8,11-12H,9-10H2,1-2H3,(H,24,29)(H2,25,26,27,28). The van der Waals surface area contributed by atoms with Gasteiger partial charge in [0.05, 0.1) is 17.7 Å². The van der Waals surface area contributed by atoms with Crippen molar-refractivity contribution in [3.8, 4) is 5.75 Å². The molecule has 0 saturated carbocycles. The van der Waals surface area contributed by atoms with Gasteiger partial charge in [-0.2, -0.15) is 4.98 Å². The zero-order chi connectivity index (χ0) is 21.5. The second-order valence-electron chi connectivity index (χ2n) is 6.38. The van der Waals surface area contributed by atoms with E-state index >= 15 is 0 Å². The molecule has 3 rings (SSSR count). The highest BCUT2D eigenvalue weighted by Gasteiger charge is 2.10. The minimum Gasteiger partial charge on any atom is -0.497 e. The smallest absolute Gasteiger partial charge is 0.252 e. The largest absolute Gasteiger partial charge is 0.497 e. The van der Waals surface area contributed by atoms with Crippen LogP contribution in [-0.4, -0.2) is 36.1 Å². The maximum absolute atomic E-state index is 12.2. The van der Waals surface area contributed by atoms with Crippen LogP contribution in [0, 0.1) is 6.92 Å². The van der Waals surface area contributed by atoms with E-state index in [-0.39, 0.29) is 5.91 Å². The second-order valence-corrected chi connectivity index (χ2v) is 7.22. The fraction of sp³-hybridized carbons (Fsp3) is 0.190. The van der Waals surface area contributed by atoms with Crippen LogP contribution in [0.15, 0.2) is 48.5 Å². The van der Waals surface area contributed by atoms with E-state index in [0.717, 1.165) is 17.1 Å². The predicted octanol–water partition coefficient (Wildman–Crippen LogP) is 4.69. The summed E-state index contributed by atoms with van der Waals surface area (Å²) in [5, 5.41) is 9.93. The minimum absolute atomic E-state index is 0.273. The Kier molecular flexibility index (Phi) is 7.32. The SMILES string of the molecule is COc1ccc(Nc2cc(C)nc(NCCNC(=O)c3ccc(Cl)cc3Cl)n2)cc1. The number of amides is 1. The van der Waals surface area contributed by atoms with Crippen LogP contribution in [-0.2, 0) is 0 Å². The molecule has 0 radical (unpaired) electrons. The average Bonchev–Trinajstić information content (AvgIpc) is 2.71. The summed E-state index contributed by atoms with van der Waals surface area (Å²) in [4.78, 5) is 21.1. The van der Waals surface area contributed by atoms with Gasteiger partial charge in [-0.1, -0.05) is 23.2 Å². The number of nitrogens with one attached hydrogen (secondary N) is 3. The first-order valence-electron chi connectivity index (χ1n) is 9.18. The number of anilines is 3. The van der Waals surface area contributed by atoms with Gasteiger partial charge in [0.15, 0.2) is 0 Å². The Morgan fingerprint density at radius 2 is 1.80 bits per heavy atom. The quantitative estimate of drug-likeness (QED) is 0.436. The van der Waals surface area contributed by atoms with Crippen LogP contribution in [0.3, 0.4) is 0 Å². The third-order valence-electron chi connectivity index (χ3n) is 4.09. The Labute approximate surface area is 184 Å². The summed E-state index contributed by atoms with van der Waals surface area (Å²) >= 11 is 11.9. The van der Waals surface area contributed by atoms with Crippen molar-refractivity contribution in [2.45, 2.75) is 6.92 Å². The third-order valence-corrected chi connectivity index (χ3v) is 4.63. The molecule has 3 N–H and O–H groups in total. The van der Waals surface area contributed by atoms with Gasteiger partial charge in [0.25, 0.3) is 5.91 Å². The zero-order valence-corrected chi connectivity index (χ0v) is 18.0. The Bertz CT molecular complexity index is 1030. The van der Waals surface area contributed by atoms with Crippen molar-refractivity contribution in [2.75, 3.05) is 30.8 Å². The molecule has 0 aliphatic rings. The van der Waals surface area contributed by atoms with Gasteiger partial charge in [-0.15, -0.1) is 0 Å². The number of ether oxygens (including phenoxy) is 1. The summed E-state index contributed by atoms with van der Waals surface area (Å²) in [6.45, 7) is 2.70. The number of benzene rings is 2. The van der Waals surface area contributed by atoms with Gasteiger partial charge >= 0.3 is 0 Å². The van der Waals surface area contributed by atoms with E-state index in [1.165, 1.54) is 6.07 Å². The van der Waals surface area contributed by atoms with Crippen LogP contribution >= 0.6 is 23.2 Å². The van der Waals surface area contributed by atoms with Crippen molar-refractivity contribution in [1.29, 1.82) is 0 Å². The number of hydrogen-bond donors (Lipinski definition) is 3. The molecule has 0 unspecified atom stereocenters. The van der Waals surface area contributed by atoms with Gasteiger partial charge in [-0.05, 0) is 49.4 Å². The fourth-order valence-electron chi connectivity index (χ4n) is 2.65. The van der Waals surface area contributed by atoms with E-state index in [4.69, 9.17) is 27.9 Å². The monoisotopic (exact) mass is 445 g/mol. The molecule has 1 aromatic heterocycles. The molecule has 0 bridgehead atoms. The molecule has 0 aliphatic heterocycles. The van der Waals surface area contributed by atoms with Crippen LogP contribution in [0.25, 0.3) is 0 Å². The molecule has 9 heteroatoms. The zero-order valence-electron chi connectivity index (χ0n) is 16.5. The lowest BCUT2D eigenvalue weighted by Gasteiger charge is -2.11. The summed E-state index contributed by atoms with van der Waals surface area (Å²) in [5.41, 5.74) is 2.06. The molecule has 1 amide bonds. The first-order valence-corrected chi connectivity index (χ1v) is 9.94. The summed E-state index contributed by atoms with van der Waals surface area (Å²) < 4.78 is 5.16. The number of halogens is 2. The first-order chi connectivity index (χ1) is 14.4. The van der Waals surface area contributed by atoms with Crippen molar-refractivity contribution in [3.63, 3.8) is 0 Å². The van der Waals surface area contributed by atoms with Gasteiger partial charge in [0.1, 0.15) is 11.6 Å². The van der Waals surface area contributed by atoms with E-state index < -0.39 is 0 Å². The van der Waals surface area contributed by atoms with Gasteiger partial charge in [-0.3, -0.25) is 4.79 Å². The molecule has 30 heavy (non-hydrogen) atoms. The summed E-state index contributed by atoms with van der Waals surface area (Å²) in [6, 6.07) is 14.1. The summed E-state index contributed by atoms with van der Waals surface area (Å²) in [5.74, 6) is 1.63. The lowest BCUT2D eigenvalue weighted by molar-refractivity contribution is 0.0955. The van der Waals surface area contributed by atoms with Crippen LogP contribution in [0.1, 0.15) is 16.1 Å². The molecule has 0 spiro atoms. The van der Waals surface area contributed by atoms with Gasteiger partial charge in [0, 0.05) is 35.6 Å². The highest BCUT2D eigenvalue weighted by atomic mass is 35.5. The summed E-state index contributed by atoms with van der Waals surface area (Å²) in [7, 11) is 1.63. The molecule has 0 atom stereocenters. The lowest BCUT2D eigenvalue weighted by Crippen LogP contribution is -2.29. The number of methoxy groups -OCH3 is 1. The van der Waals surface area contributed by atoms with Gasteiger partial charge < -0.3 is 20.7 Å². The van der Waals surface area contributed by atoms with Crippen molar-refractivity contribution >= 4 is 46.6 Å². The fourth-order valence-corrected chi connectivity index (χ4v) is 3.15. The average molecular weight is 446 g/mol. The maximum atomic E-state index is 12.2. The van der Waals surface area contributed by atoms with Gasteiger partial charge in [-0.25, -0.2) is 4.98 Å². The molecule has 1 heterocycles. The van der Waals surface area contributed by atoms with Crippen LogP contribution in [0.4, 0.5) is 17.5 Å². The van der Waals surface area contributed by atoms with Crippen LogP contribution in [0.2, 0.25) is 10.0 Å². The number of aryl methyl sites for hydroxylation is 1. The normalized spacial score (nSPS) is 10.4. The van der Waals surface area contributed by atoms with Crippen molar-refractivity contribution in [3.05, 3.63) is 69.8 Å². The number of rotatable bonds is 8. The van der Waals surface area contributed by atoms with Crippen molar-refractivity contribution in [2.24, 2.45) is 0 Å². The number of nitrogens with zero attached hydrogens (tertiary/aromatic N) is 2. The van der Waals surface area contributed by atoms with E-state index in [2.05, 4.69) is 25.9 Å². The molecule has 156 valence electrons. The van der Waals surface area contributed by atoms with Gasteiger partial charge in [0.2, 0.25) is 5.95 Å². The van der Waals surface area contributed by atoms with Crippen LogP contribution < -0.4 is 20.7 Å². The molecular formula is C21H21Cl2N5O2. The Hall–Kier alpha value is -3.03. The Balaban J connectivity index is 1.54. The number of carbonyl (C=O) groups is 1. The second kappa shape index (κ2) is 10.1. The highest BCUT2D eigenvalue weighted by Crippen LogP contribution is 2.21. The highest BCUT2D eigenvalue weighted by molar-refractivity contribution is 6.36. The van der Waals surface area contributed by atoms with E-state index in [9.17, 15) is 4.79 Å². The molecule has 0 saturated heterocycles. The Morgan fingerprint density at radius 3 is 2.50 bits per heavy atom. The molecule has 3 aromatic rings. The third kappa shape index (κ3) is 5.98. The number of hydrogen-bond acceptors (Lipinski definition) is 6. The predicted molar refractivity (Wildman–Crippen MR) is 120 cm³/mol. The molecule has 7 nitrogen and oxygen atoms in total. The Morgan fingerprint density at radius 1 is 1.03 bits per heavy atom. The number of aromatic nitrogens is 2. The maximum Gasteiger partial charge on any atom is 0.252 e. The van der Waals surface area contributed by atoms with E-state index in [1.807, 2.05) is 37.3 Å². The number of carbonyl (C=O) groups excluding carboxylic acids is 1. The van der Waals surface area contributed by atoms with Crippen LogP contribution in [0.5, 0.6) is 5.75 Å². The minimum atomic E-state index is -0.273. The molecule has 2 aromatic carbocycles. The lowest BCUT2D eigenvalue weighted by atomic mass is 10.2. The van der Waals surface area contributed by atoms with Crippen molar-refractivity contribution in [1.82, 2.24) is 15.3 Å². The first kappa shape index (κ1) is 21.7. The molecule has 0 aliphatic carbocycles.